The van der Waals surface area contributed by atoms with Crippen LogP contribution in [0.25, 0.3) is 0 Å². The van der Waals surface area contributed by atoms with Crippen molar-refractivity contribution in [3.63, 3.8) is 0 Å². The molecule has 2 atom stereocenters. The molecule has 1 heterocycles. The number of nitrogens with zero attached hydrogens (tertiary/aromatic N) is 1. The molecule has 5 heteroatoms. The van der Waals surface area contributed by atoms with Gasteiger partial charge in [-0.05, 0) is 43.9 Å². The average molecular weight is 359 g/mol. The van der Waals surface area contributed by atoms with Gasteiger partial charge < -0.3 is 0 Å². The Hall–Kier alpha value is -1.69. The Morgan fingerprint density at radius 2 is 1.76 bits per heavy atom. The van der Waals surface area contributed by atoms with Gasteiger partial charge in [0.25, 0.3) is 10.1 Å². The molecule has 0 saturated carbocycles. The number of likely N-dealkylation sites (tertiary alicyclic amines) is 1. The molecule has 0 bridgehead atoms. The Kier molecular flexibility index (Phi) is 5.57. The minimum absolute atomic E-state index is 0.227. The zero-order valence-corrected chi connectivity index (χ0v) is 15.6. The van der Waals surface area contributed by atoms with E-state index >= 15 is 0 Å². The first kappa shape index (κ1) is 18.1. The van der Waals surface area contributed by atoms with Crippen molar-refractivity contribution in [2.75, 3.05) is 13.2 Å². The van der Waals surface area contributed by atoms with Crippen LogP contribution in [0.1, 0.15) is 24.5 Å². The van der Waals surface area contributed by atoms with Gasteiger partial charge >= 0.3 is 0 Å². The monoisotopic (exact) mass is 359 g/mol. The molecule has 134 valence electrons. The first-order chi connectivity index (χ1) is 11.9. The van der Waals surface area contributed by atoms with Crippen molar-refractivity contribution in [1.82, 2.24) is 4.90 Å². The number of hydrogen-bond acceptors (Lipinski definition) is 4. The summed E-state index contributed by atoms with van der Waals surface area (Å²) >= 11 is 0. The number of aryl methyl sites for hydroxylation is 1. The van der Waals surface area contributed by atoms with Crippen LogP contribution in [-0.2, 0) is 20.8 Å². The molecular formula is C20H25NO3S. The molecule has 3 rings (SSSR count). The van der Waals surface area contributed by atoms with Crippen molar-refractivity contribution in [1.29, 1.82) is 0 Å². The standard InChI is InChI=1S/C20H25NO3S/c1-16-8-10-20(11-9-16)25(22,23)24-15-19-12-17(2)21(14-19)13-18-6-4-3-5-7-18/h3-11,17,19H,12-15H2,1-2H3/t17-,19+/m0/s1. The van der Waals surface area contributed by atoms with E-state index in [0.717, 1.165) is 25.1 Å². The second-order valence-corrected chi connectivity index (χ2v) is 8.53. The van der Waals surface area contributed by atoms with Crippen molar-refractivity contribution in [2.24, 2.45) is 5.92 Å². The summed E-state index contributed by atoms with van der Waals surface area (Å²) in [5, 5.41) is 0. The third-order valence-corrected chi connectivity index (χ3v) is 6.08. The molecule has 0 N–H and O–H groups in total. The van der Waals surface area contributed by atoms with Gasteiger partial charge in [0, 0.05) is 19.1 Å². The van der Waals surface area contributed by atoms with Crippen molar-refractivity contribution in [3.05, 3.63) is 65.7 Å². The molecule has 0 aromatic heterocycles. The molecule has 0 spiro atoms. The second kappa shape index (κ2) is 7.68. The Morgan fingerprint density at radius 1 is 1.08 bits per heavy atom. The predicted octanol–water partition coefficient (Wildman–Crippen LogP) is 3.61. The first-order valence-corrected chi connectivity index (χ1v) is 10.1. The summed E-state index contributed by atoms with van der Waals surface area (Å²) in [5.74, 6) is 0.235. The topological polar surface area (TPSA) is 46.6 Å². The molecule has 2 aromatic carbocycles. The van der Waals surface area contributed by atoms with Crippen LogP contribution in [0.3, 0.4) is 0 Å². The molecule has 4 nitrogen and oxygen atoms in total. The van der Waals surface area contributed by atoms with E-state index in [1.807, 2.05) is 25.1 Å². The predicted molar refractivity (Wildman–Crippen MR) is 98.7 cm³/mol. The maximum absolute atomic E-state index is 12.3. The van der Waals surface area contributed by atoms with Crippen LogP contribution >= 0.6 is 0 Å². The summed E-state index contributed by atoms with van der Waals surface area (Å²) in [7, 11) is -3.68. The largest absolute Gasteiger partial charge is 0.296 e. The van der Waals surface area contributed by atoms with E-state index in [4.69, 9.17) is 4.18 Å². The van der Waals surface area contributed by atoms with Gasteiger partial charge in [0.1, 0.15) is 0 Å². The second-order valence-electron chi connectivity index (χ2n) is 6.92. The van der Waals surface area contributed by atoms with Crippen molar-refractivity contribution in [2.45, 2.75) is 37.8 Å². The van der Waals surface area contributed by atoms with Crippen molar-refractivity contribution >= 4 is 10.1 Å². The Morgan fingerprint density at radius 3 is 2.44 bits per heavy atom. The summed E-state index contributed by atoms with van der Waals surface area (Å²) in [6.45, 7) is 6.12. The molecule has 1 saturated heterocycles. The molecule has 0 amide bonds. The van der Waals surface area contributed by atoms with E-state index in [1.165, 1.54) is 5.56 Å². The Labute approximate surface area is 150 Å². The van der Waals surface area contributed by atoms with E-state index < -0.39 is 10.1 Å². The number of hydrogen-bond donors (Lipinski definition) is 0. The summed E-state index contributed by atoms with van der Waals surface area (Å²) in [6, 6.07) is 17.6. The van der Waals surface area contributed by atoms with Crippen LogP contribution in [0, 0.1) is 12.8 Å². The van der Waals surface area contributed by atoms with Gasteiger partial charge in [-0.1, -0.05) is 48.0 Å². The zero-order valence-electron chi connectivity index (χ0n) is 14.8. The quantitative estimate of drug-likeness (QED) is 0.739. The SMILES string of the molecule is Cc1ccc(S(=O)(=O)OC[C@@H]2C[C@H](C)N(Cc3ccccc3)C2)cc1. The van der Waals surface area contributed by atoms with Crippen LogP contribution in [0.5, 0.6) is 0 Å². The third kappa shape index (κ3) is 4.69. The fourth-order valence-corrected chi connectivity index (χ4v) is 4.31. The van der Waals surface area contributed by atoms with Gasteiger partial charge in [-0.15, -0.1) is 0 Å². The molecular weight excluding hydrogens is 334 g/mol. The maximum atomic E-state index is 12.3. The van der Waals surface area contributed by atoms with Crippen LogP contribution in [0.15, 0.2) is 59.5 Å². The molecule has 0 unspecified atom stereocenters. The summed E-state index contributed by atoms with van der Waals surface area (Å²) in [6.07, 6.45) is 0.955. The molecule has 25 heavy (non-hydrogen) atoms. The lowest BCUT2D eigenvalue weighted by atomic mass is 10.1. The zero-order chi connectivity index (χ0) is 17.9. The van der Waals surface area contributed by atoms with Gasteiger partial charge in [0.05, 0.1) is 11.5 Å². The number of benzene rings is 2. The van der Waals surface area contributed by atoms with Crippen LogP contribution in [0.4, 0.5) is 0 Å². The molecule has 1 aliphatic rings. The van der Waals surface area contributed by atoms with E-state index in [0.29, 0.717) is 6.04 Å². The highest BCUT2D eigenvalue weighted by molar-refractivity contribution is 7.86. The fraction of sp³-hybridized carbons (Fsp3) is 0.400. The van der Waals surface area contributed by atoms with E-state index in [-0.39, 0.29) is 17.4 Å². The van der Waals surface area contributed by atoms with Gasteiger partial charge in [-0.25, -0.2) is 0 Å². The fourth-order valence-electron chi connectivity index (χ4n) is 3.34. The van der Waals surface area contributed by atoms with Gasteiger partial charge in [-0.2, -0.15) is 8.42 Å². The molecule has 0 radical (unpaired) electrons. The molecule has 0 aliphatic carbocycles. The van der Waals surface area contributed by atoms with Crippen LogP contribution in [0.2, 0.25) is 0 Å². The lowest BCUT2D eigenvalue weighted by Crippen LogP contribution is -2.27. The highest BCUT2D eigenvalue weighted by atomic mass is 32.2. The lowest BCUT2D eigenvalue weighted by Gasteiger charge is -2.21. The normalized spacial score (nSPS) is 21.5. The summed E-state index contributed by atoms with van der Waals surface area (Å²) in [5.41, 5.74) is 2.31. The van der Waals surface area contributed by atoms with E-state index in [2.05, 4.69) is 24.0 Å². The highest BCUT2D eigenvalue weighted by Gasteiger charge is 2.30. The van der Waals surface area contributed by atoms with Gasteiger partial charge in [0.2, 0.25) is 0 Å². The molecule has 1 fully saturated rings. The van der Waals surface area contributed by atoms with Crippen LogP contribution < -0.4 is 0 Å². The first-order valence-electron chi connectivity index (χ1n) is 8.68. The summed E-state index contributed by atoms with van der Waals surface area (Å²) < 4.78 is 30.0. The van der Waals surface area contributed by atoms with Gasteiger partial charge in [0.15, 0.2) is 0 Å². The molecule has 1 aliphatic heterocycles. The summed E-state index contributed by atoms with van der Waals surface area (Å²) in [4.78, 5) is 2.62. The smallest absolute Gasteiger partial charge is 0.296 e. The van der Waals surface area contributed by atoms with E-state index in [9.17, 15) is 8.42 Å². The van der Waals surface area contributed by atoms with Crippen molar-refractivity contribution < 1.29 is 12.6 Å². The Bertz CT molecular complexity index is 787. The minimum Gasteiger partial charge on any atom is -0.296 e. The lowest BCUT2D eigenvalue weighted by molar-refractivity contribution is 0.231. The van der Waals surface area contributed by atoms with Crippen molar-refractivity contribution in [3.8, 4) is 0 Å². The van der Waals surface area contributed by atoms with Gasteiger partial charge in [-0.3, -0.25) is 9.08 Å². The highest BCUT2D eigenvalue weighted by Crippen LogP contribution is 2.26. The minimum atomic E-state index is -3.68. The molecule has 2 aromatic rings. The van der Waals surface area contributed by atoms with Crippen LogP contribution in [-0.4, -0.2) is 32.5 Å². The maximum Gasteiger partial charge on any atom is 0.296 e. The Balaban J connectivity index is 1.56. The average Bonchev–Trinajstić information content (AvgIpc) is 2.94. The van der Waals surface area contributed by atoms with E-state index in [1.54, 1.807) is 24.3 Å². The third-order valence-electron chi connectivity index (χ3n) is 4.79. The number of rotatable bonds is 6.